The van der Waals surface area contributed by atoms with Crippen LogP contribution in [0.15, 0.2) is 47.6 Å². The number of hydrogen-bond acceptors (Lipinski definition) is 2. The van der Waals surface area contributed by atoms with Crippen molar-refractivity contribution in [1.82, 2.24) is 9.80 Å². The zero-order chi connectivity index (χ0) is 16.3. The first-order valence-electron chi connectivity index (χ1n) is 7.83. The molecule has 0 amide bonds. The molecule has 22 heavy (non-hydrogen) atoms. The molecule has 4 heteroatoms. The zero-order valence-electron chi connectivity index (χ0n) is 14.5. The van der Waals surface area contributed by atoms with Crippen LogP contribution in [0.25, 0.3) is 0 Å². The summed E-state index contributed by atoms with van der Waals surface area (Å²) in [5.41, 5.74) is 3.22. The minimum absolute atomic E-state index is 0.549. The van der Waals surface area contributed by atoms with Crippen molar-refractivity contribution in [1.29, 1.82) is 0 Å². The van der Waals surface area contributed by atoms with E-state index in [2.05, 4.69) is 88.3 Å². The van der Waals surface area contributed by atoms with Gasteiger partial charge in [0.1, 0.15) is 0 Å². The van der Waals surface area contributed by atoms with E-state index in [1.807, 2.05) is 0 Å². The Labute approximate surface area is 147 Å². The summed E-state index contributed by atoms with van der Waals surface area (Å²) >= 11 is 1.36. The third kappa shape index (κ3) is 4.26. The second kappa shape index (κ2) is 8.15. The van der Waals surface area contributed by atoms with E-state index in [-0.39, 0.29) is 0 Å². The fraction of sp³-hybridized carbons (Fsp3) is 0.556. The van der Waals surface area contributed by atoms with Gasteiger partial charge in [-0.3, -0.25) is 0 Å². The molecule has 0 spiro atoms. The second-order valence-electron chi connectivity index (χ2n) is 6.42. The molecule has 4 atom stereocenters. The van der Waals surface area contributed by atoms with E-state index in [9.17, 15) is 0 Å². The van der Waals surface area contributed by atoms with Crippen molar-refractivity contribution in [2.24, 2.45) is 0 Å². The first kappa shape index (κ1) is 18.3. The summed E-state index contributed by atoms with van der Waals surface area (Å²) in [6, 6.07) is 1.10. The molecule has 2 aliphatic rings. The van der Waals surface area contributed by atoms with Gasteiger partial charge in [0.05, 0.1) is 0 Å². The summed E-state index contributed by atoms with van der Waals surface area (Å²) in [5, 5.41) is 0. The summed E-state index contributed by atoms with van der Waals surface area (Å²) in [4.78, 5) is 6.05. The Morgan fingerprint density at radius 1 is 0.773 bits per heavy atom. The Hall–Kier alpha value is -0.0810. The molecule has 0 saturated carbocycles. The second-order valence-corrected chi connectivity index (χ2v) is 13.6. The van der Waals surface area contributed by atoms with Crippen LogP contribution in [0.3, 0.4) is 0 Å². The van der Waals surface area contributed by atoms with Gasteiger partial charge in [0.25, 0.3) is 0 Å². The SMILES string of the molecule is C[C@@H](C1=CC=C[C@H]1[Se][Se][C@@H]1C=CC=C1[C@H](C)N(C)C)N(C)C. The number of likely N-dealkylation sites (N-methyl/N-ethyl adjacent to an activating group) is 2. The Balaban J connectivity index is 1.93. The van der Waals surface area contributed by atoms with Crippen LogP contribution in [0.1, 0.15) is 13.8 Å². The van der Waals surface area contributed by atoms with Gasteiger partial charge in [-0.25, -0.2) is 0 Å². The maximum atomic E-state index is 2.43. The molecule has 0 aromatic carbocycles. The van der Waals surface area contributed by atoms with Crippen LogP contribution in [0.2, 0.25) is 9.63 Å². The maximum absolute atomic E-state index is 2.43. The molecule has 0 bridgehead atoms. The van der Waals surface area contributed by atoms with Crippen LogP contribution in [0, 0.1) is 0 Å². The van der Waals surface area contributed by atoms with Gasteiger partial charge in [-0.2, -0.15) is 0 Å². The fourth-order valence-corrected chi connectivity index (χ4v) is 11.8. The molecule has 122 valence electrons. The van der Waals surface area contributed by atoms with E-state index >= 15 is 0 Å². The van der Waals surface area contributed by atoms with Gasteiger partial charge in [-0.1, -0.05) is 0 Å². The van der Waals surface area contributed by atoms with Crippen molar-refractivity contribution in [3.63, 3.8) is 0 Å². The Morgan fingerprint density at radius 2 is 1.14 bits per heavy atom. The van der Waals surface area contributed by atoms with Crippen molar-refractivity contribution >= 4 is 26.3 Å². The standard InChI is InChI=1S/C18H28N2Se2/c1-13(19(3)4)15-9-7-11-17(15)21-22-18-12-8-10-16(18)14(2)20(5)6/h7-14,17-18H,1-6H3/t13-,14-,17+,18+/m0/s1. The Morgan fingerprint density at radius 3 is 1.45 bits per heavy atom. The molecular weight excluding hydrogens is 402 g/mol. The van der Waals surface area contributed by atoms with Gasteiger partial charge in [-0.05, 0) is 0 Å². The molecular formula is C18H28N2Se2. The summed E-state index contributed by atoms with van der Waals surface area (Å²) in [6.07, 6.45) is 14.1. The van der Waals surface area contributed by atoms with Gasteiger partial charge in [0, 0.05) is 0 Å². The van der Waals surface area contributed by atoms with Gasteiger partial charge in [0.2, 0.25) is 0 Å². The number of rotatable bonds is 7. The first-order valence-corrected chi connectivity index (χ1v) is 14.1. The van der Waals surface area contributed by atoms with Crippen LogP contribution in [0.5, 0.6) is 0 Å². The van der Waals surface area contributed by atoms with Gasteiger partial charge >= 0.3 is 147 Å². The van der Waals surface area contributed by atoms with Crippen molar-refractivity contribution in [3.05, 3.63) is 47.6 Å². The zero-order valence-corrected chi connectivity index (χ0v) is 17.9. The van der Waals surface area contributed by atoms with E-state index < -0.39 is 0 Å². The van der Waals surface area contributed by atoms with Gasteiger partial charge in [-0.15, -0.1) is 0 Å². The molecule has 2 rings (SSSR count). The van der Waals surface area contributed by atoms with E-state index in [0.29, 0.717) is 48.0 Å². The molecule has 0 saturated heterocycles. The van der Waals surface area contributed by atoms with Gasteiger partial charge in [0.15, 0.2) is 0 Å². The minimum atomic E-state index is 0.549. The quantitative estimate of drug-likeness (QED) is 0.574. The third-order valence-electron chi connectivity index (χ3n) is 4.58. The monoisotopic (exact) mass is 432 g/mol. The summed E-state index contributed by atoms with van der Waals surface area (Å²) in [5.74, 6) is 0. The molecule has 0 radical (unpaired) electrons. The molecule has 0 aromatic heterocycles. The molecule has 0 aromatic rings. The van der Waals surface area contributed by atoms with E-state index in [1.54, 1.807) is 11.1 Å². The predicted molar refractivity (Wildman–Crippen MR) is 99.8 cm³/mol. The van der Waals surface area contributed by atoms with E-state index in [0.717, 1.165) is 0 Å². The average molecular weight is 430 g/mol. The Bertz CT molecular complexity index is 457. The third-order valence-corrected chi connectivity index (χ3v) is 13.2. The topological polar surface area (TPSA) is 6.48 Å². The summed E-state index contributed by atoms with van der Waals surface area (Å²) < 4.78 is 0. The average Bonchev–Trinajstić information content (AvgIpc) is 3.11. The van der Waals surface area contributed by atoms with Crippen LogP contribution in [-0.4, -0.2) is 76.3 Å². The number of nitrogens with zero attached hydrogens (tertiary/aromatic N) is 2. The van der Waals surface area contributed by atoms with Crippen LogP contribution in [0.4, 0.5) is 0 Å². The summed E-state index contributed by atoms with van der Waals surface area (Å²) in [7, 11) is 8.72. The van der Waals surface area contributed by atoms with Crippen LogP contribution in [-0.2, 0) is 0 Å². The normalized spacial score (nSPS) is 26.7. The first-order chi connectivity index (χ1) is 10.4. The molecule has 2 aliphatic carbocycles. The van der Waals surface area contributed by atoms with Crippen molar-refractivity contribution < 1.29 is 0 Å². The molecule has 0 fully saturated rings. The van der Waals surface area contributed by atoms with E-state index in [4.69, 9.17) is 0 Å². The van der Waals surface area contributed by atoms with Crippen molar-refractivity contribution in [3.8, 4) is 0 Å². The van der Waals surface area contributed by atoms with Crippen LogP contribution < -0.4 is 0 Å². The van der Waals surface area contributed by atoms with E-state index in [1.165, 1.54) is 0 Å². The predicted octanol–water partition coefficient (Wildman–Crippen LogP) is 2.78. The molecule has 0 heterocycles. The fourth-order valence-electron chi connectivity index (χ4n) is 2.59. The Kier molecular flexibility index (Phi) is 6.76. The number of allylic oxidation sites excluding steroid dienone is 6. The van der Waals surface area contributed by atoms with Crippen LogP contribution >= 0.6 is 0 Å². The molecule has 0 N–H and O–H groups in total. The molecule has 0 unspecified atom stereocenters. The molecule has 2 nitrogen and oxygen atoms in total. The van der Waals surface area contributed by atoms with Crippen molar-refractivity contribution in [2.75, 3.05) is 28.2 Å². The number of hydrogen-bond donors (Lipinski definition) is 0. The summed E-state index contributed by atoms with van der Waals surface area (Å²) in [6.45, 7) is 4.65. The van der Waals surface area contributed by atoms with Crippen molar-refractivity contribution in [2.45, 2.75) is 35.6 Å². The molecule has 0 aliphatic heterocycles. The van der Waals surface area contributed by atoms with Gasteiger partial charge < -0.3 is 0 Å².